The van der Waals surface area contributed by atoms with Crippen LogP contribution in [0, 0.1) is 0 Å². The van der Waals surface area contributed by atoms with Crippen LogP contribution in [0.25, 0.3) is 0 Å². The standard InChI is InChI=1S/C6H7N2O.3C4H9.Sn/c1-5(9)6-3-4-8(2)7-6;3*1-3-4-2;/h4H,1-2H3;3*1,3-4H2,2H3;. The molecule has 0 fully saturated rings. The van der Waals surface area contributed by atoms with Gasteiger partial charge in [-0.2, -0.15) is 0 Å². The third kappa shape index (κ3) is 5.10. The zero-order chi connectivity index (χ0) is 16.6. The van der Waals surface area contributed by atoms with E-state index in [2.05, 4.69) is 32.1 Å². The van der Waals surface area contributed by atoms with Gasteiger partial charge in [-0.15, -0.1) is 0 Å². The predicted octanol–water partition coefficient (Wildman–Crippen LogP) is 4.68. The quantitative estimate of drug-likeness (QED) is 0.390. The van der Waals surface area contributed by atoms with E-state index in [0.717, 1.165) is 5.69 Å². The van der Waals surface area contributed by atoms with E-state index in [1.165, 1.54) is 55.4 Å². The number of carbonyl (C=O) groups excluding carboxylic acids is 1. The molecule has 0 radical (unpaired) electrons. The summed E-state index contributed by atoms with van der Waals surface area (Å²) < 4.78 is 7.45. The van der Waals surface area contributed by atoms with Gasteiger partial charge in [0.1, 0.15) is 0 Å². The second-order valence-corrected chi connectivity index (χ2v) is 19.8. The van der Waals surface area contributed by atoms with Gasteiger partial charge in [0, 0.05) is 0 Å². The summed E-state index contributed by atoms with van der Waals surface area (Å²) in [5.74, 6) is 0.154. The number of unbranched alkanes of at least 4 members (excludes halogenated alkanes) is 3. The van der Waals surface area contributed by atoms with Gasteiger partial charge in [-0.05, 0) is 0 Å². The maximum atomic E-state index is 12.1. The first-order valence-corrected chi connectivity index (χ1v) is 16.5. The Hall–Kier alpha value is -0.321. The summed E-state index contributed by atoms with van der Waals surface area (Å²) in [5, 5.41) is 4.52. The number of hydrogen-bond donors (Lipinski definition) is 0. The normalized spacial score (nSPS) is 11.9. The van der Waals surface area contributed by atoms with Gasteiger partial charge in [0.15, 0.2) is 0 Å². The Morgan fingerprint density at radius 2 is 1.50 bits per heavy atom. The van der Waals surface area contributed by atoms with Gasteiger partial charge in [-0.1, -0.05) is 0 Å². The molecule has 0 aliphatic carbocycles. The minimum atomic E-state index is -2.53. The van der Waals surface area contributed by atoms with Crippen LogP contribution in [0.15, 0.2) is 6.20 Å². The fourth-order valence-electron chi connectivity index (χ4n) is 3.46. The van der Waals surface area contributed by atoms with E-state index in [4.69, 9.17) is 0 Å². The Bertz CT molecular complexity index is 446. The molecule has 0 aliphatic heterocycles. The molecule has 22 heavy (non-hydrogen) atoms. The second kappa shape index (κ2) is 9.74. The number of rotatable bonds is 11. The number of aromatic nitrogens is 2. The third-order valence-electron chi connectivity index (χ3n) is 4.76. The SMILES string of the molecule is CCC[CH2][Sn]([CH2]CCC)([CH2]CCC)[c]1cn(C)nc1C(C)=O. The molecule has 1 aromatic heterocycles. The topological polar surface area (TPSA) is 34.9 Å². The summed E-state index contributed by atoms with van der Waals surface area (Å²) in [6.07, 6.45) is 9.92. The molecule has 1 rings (SSSR count). The van der Waals surface area contributed by atoms with E-state index in [-0.39, 0.29) is 5.78 Å². The first-order chi connectivity index (χ1) is 10.5. The molecule has 0 spiro atoms. The third-order valence-corrected chi connectivity index (χ3v) is 20.3. The second-order valence-electron chi connectivity index (χ2n) is 6.71. The molecule has 0 amide bonds. The van der Waals surface area contributed by atoms with Gasteiger partial charge in [-0.3, -0.25) is 0 Å². The summed E-state index contributed by atoms with van der Waals surface area (Å²) in [7, 11) is 1.96. The number of aryl methyl sites for hydroxylation is 1. The first-order valence-electron chi connectivity index (χ1n) is 9.05. The summed E-state index contributed by atoms with van der Waals surface area (Å²) >= 11 is -2.53. The van der Waals surface area contributed by atoms with Crippen molar-refractivity contribution >= 4 is 27.7 Å². The van der Waals surface area contributed by atoms with Crippen LogP contribution in [0.5, 0.6) is 0 Å². The Balaban J connectivity index is 3.27. The monoisotopic (exact) mass is 414 g/mol. The zero-order valence-corrected chi connectivity index (χ0v) is 18.1. The Kier molecular flexibility index (Phi) is 8.73. The van der Waals surface area contributed by atoms with E-state index in [1.807, 2.05) is 11.7 Å². The van der Waals surface area contributed by atoms with Gasteiger partial charge in [0.2, 0.25) is 0 Å². The molecule has 3 nitrogen and oxygen atoms in total. The summed E-state index contributed by atoms with van der Waals surface area (Å²) in [6, 6.07) is 0. The summed E-state index contributed by atoms with van der Waals surface area (Å²) in [4.78, 5) is 12.1. The molecule has 126 valence electrons. The van der Waals surface area contributed by atoms with Crippen LogP contribution >= 0.6 is 0 Å². The maximum absolute atomic E-state index is 12.1. The molecule has 0 unspecified atom stereocenters. The van der Waals surface area contributed by atoms with Crippen LogP contribution in [0.1, 0.15) is 76.7 Å². The van der Waals surface area contributed by atoms with Crippen molar-refractivity contribution in [3.63, 3.8) is 0 Å². The number of Topliss-reactive ketones (excluding diaryl/α,β-unsaturated/α-hetero) is 1. The zero-order valence-electron chi connectivity index (χ0n) is 15.2. The number of carbonyl (C=O) groups is 1. The van der Waals surface area contributed by atoms with Gasteiger partial charge in [0.25, 0.3) is 0 Å². The number of nitrogens with zero attached hydrogens (tertiary/aromatic N) is 2. The molecule has 0 saturated carbocycles. The average Bonchev–Trinajstić information content (AvgIpc) is 2.90. The Labute approximate surface area is 140 Å². The van der Waals surface area contributed by atoms with E-state index in [9.17, 15) is 4.79 Å². The Morgan fingerprint density at radius 3 is 1.86 bits per heavy atom. The van der Waals surface area contributed by atoms with Crippen LogP contribution < -0.4 is 3.58 Å². The van der Waals surface area contributed by atoms with Crippen LogP contribution in [0.3, 0.4) is 0 Å². The van der Waals surface area contributed by atoms with Crippen molar-refractivity contribution in [2.45, 2.75) is 79.5 Å². The van der Waals surface area contributed by atoms with E-state index < -0.39 is 18.4 Å². The molecule has 4 heteroatoms. The average molecular weight is 413 g/mol. The summed E-state index contributed by atoms with van der Waals surface area (Å²) in [6.45, 7) is 8.53. The fourth-order valence-corrected chi connectivity index (χ4v) is 20.1. The molecule has 0 aliphatic rings. The number of hydrogen-bond acceptors (Lipinski definition) is 2. The van der Waals surface area contributed by atoms with Crippen molar-refractivity contribution in [1.29, 1.82) is 0 Å². The van der Waals surface area contributed by atoms with E-state index in [1.54, 1.807) is 6.92 Å². The van der Waals surface area contributed by atoms with Crippen LogP contribution in [0.4, 0.5) is 0 Å². The fraction of sp³-hybridized carbons (Fsp3) is 0.778. The van der Waals surface area contributed by atoms with Crippen LogP contribution in [-0.4, -0.2) is 33.9 Å². The predicted molar refractivity (Wildman–Crippen MR) is 97.7 cm³/mol. The molecule has 0 N–H and O–H groups in total. The van der Waals surface area contributed by atoms with Crippen molar-refractivity contribution in [3.05, 3.63) is 11.9 Å². The molecular weight excluding hydrogens is 379 g/mol. The van der Waals surface area contributed by atoms with Crippen LogP contribution in [0.2, 0.25) is 13.3 Å². The van der Waals surface area contributed by atoms with Gasteiger partial charge in [0.05, 0.1) is 0 Å². The van der Waals surface area contributed by atoms with E-state index >= 15 is 0 Å². The van der Waals surface area contributed by atoms with Gasteiger partial charge >= 0.3 is 141 Å². The summed E-state index contributed by atoms with van der Waals surface area (Å²) in [5.41, 5.74) is 0.793. The molecule has 0 saturated heterocycles. The molecular formula is C18H34N2OSn. The van der Waals surface area contributed by atoms with Crippen molar-refractivity contribution in [3.8, 4) is 0 Å². The molecule has 1 heterocycles. The van der Waals surface area contributed by atoms with Crippen molar-refractivity contribution < 1.29 is 4.79 Å². The molecule has 1 aromatic rings. The van der Waals surface area contributed by atoms with E-state index in [0.29, 0.717) is 0 Å². The number of ketones is 1. The first kappa shape index (κ1) is 19.7. The molecule has 0 atom stereocenters. The minimum absolute atomic E-state index is 0.154. The Morgan fingerprint density at radius 1 is 1.05 bits per heavy atom. The van der Waals surface area contributed by atoms with Gasteiger partial charge in [-0.25, -0.2) is 0 Å². The molecule has 0 aromatic carbocycles. The van der Waals surface area contributed by atoms with Crippen molar-refractivity contribution in [2.75, 3.05) is 0 Å². The van der Waals surface area contributed by atoms with Crippen molar-refractivity contribution in [1.82, 2.24) is 9.78 Å². The molecule has 0 bridgehead atoms. The van der Waals surface area contributed by atoms with Crippen molar-refractivity contribution in [2.24, 2.45) is 7.05 Å². The van der Waals surface area contributed by atoms with Crippen LogP contribution in [-0.2, 0) is 7.05 Å². The van der Waals surface area contributed by atoms with Gasteiger partial charge < -0.3 is 0 Å².